The molecule has 1 amide bonds. The third kappa shape index (κ3) is 4.76. The van der Waals surface area contributed by atoms with Gasteiger partial charge in [-0.1, -0.05) is 28.1 Å². The Morgan fingerprint density at radius 3 is 2.35 bits per heavy atom. The maximum atomic E-state index is 12.7. The summed E-state index contributed by atoms with van der Waals surface area (Å²) in [7, 11) is -0.535. The zero-order chi connectivity index (χ0) is 19.5. The molecular formula is C18H21BrN2O4S. The smallest absolute Gasteiger partial charge is 0.255 e. The molecule has 0 fully saturated rings. The normalized spacial score (nSPS) is 12.3. The summed E-state index contributed by atoms with van der Waals surface area (Å²) < 4.78 is 30.8. The standard InChI is InChI=1S/C18H21BrN2O4S/c1-12(13-5-7-14(19)8-6-13)20-18(22)16-11-15(9-10-17(16)25-3)21(2)26(4,23)24/h5-12H,1-4H3,(H,20,22). The quantitative estimate of drug-likeness (QED) is 0.746. The van der Waals surface area contributed by atoms with E-state index in [9.17, 15) is 13.2 Å². The second kappa shape index (κ2) is 8.09. The van der Waals surface area contributed by atoms with Gasteiger partial charge in [0.05, 0.1) is 30.7 Å². The number of amides is 1. The van der Waals surface area contributed by atoms with Gasteiger partial charge >= 0.3 is 0 Å². The Bertz CT molecular complexity index is 898. The van der Waals surface area contributed by atoms with Crippen LogP contribution in [-0.4, -0.2) is 34.7 Å². The highest BCUT2D eigenvalue weighted by molar-refractivity contribution is 9.10. The van der Waals surface area contributed by atoms with Crippen LogP contribution in [0, 0.1) is 0 Å². The highest BCUT2D eigenvalue weighted by atomic mass is 79.9. The highest BCUT2D eigenvalue weighted by Crippen LogP contribution is 2.26. The molecule has 0 aliphatic rings. The van der Waals surface area contributed by atoms with E-state index in [4.69, 9.17) is 4.74 Å². The number of nitrogens with one attached hydrogen (secondary N) is 1. The van der Waals surface area contributed by atoms with Crippen molar-refractivity contribution in [1.29, 1.82) is 0 Å². The number of ether oxygens (including phenoxy) is 1. The number of nitrogens with zero attached hydrogens (tertiary/aromatic N) is 1. The number of anilines is 1. The summed E-state index contributed by atoms with van der Waals surface area (Å²) in [5, 5.41) is 2.91. The van der Waals surface area contributed by atoms with Crippen LogP contribution in [0.4, 0.5) is 5.69 Å². The van der Waals surface area contributed by atoms with Gasteiger partial charge in [-0.05, 0) is 42.8 Å². The summed E-state index contributed by atoms with van der Waals surface area (Å²) in [6.45, 7) is 1.88. The Kier molecular flexibility index (Phi) is 6.30. The van der Waals surface area contributed by atoms with Crippen LogP contribution >= 0.6 is 15.9 Å². The zero-order valence-electron chi connectivity index (χ0n) is 15.0. The molecule has 0 aliphatic carbocycles. The van der Waals surface area contributed by atoms with Crippen LogP contribution in [0.5, 0.6) is 5.75 Å². The second-order valence-electron chi connectivity index (χ2n) is 5.86. The molecule has 0 saturated carbocycles. The van der Waals surface area contributed by atoms with Gasteiger partial charge in [0.15, 0.2) is 0 Å². The molecular weight excluding hydrogens is 420 g/mol. The van der Waals surface area contributed by atoms with Crippen LogP contribution in [0.15, 0.2) is 46.9 Å². The van der Waals surface area contributed by atoms with Crippen molar-refractivity contribution in [1.82, 2.24) is 5.32 Å². The number of carbonyl (C=O) groups excluding carboxylic acids is 1. The van der Waals surface area contributed by atoms with Crippen molar-refractivity contribution in [2.45, 2.75) is 13.0 Å². The van der Waals surface area contributed by atoms with Gasteiger partial charge in [-0.2, -0.15) is 0 Å². The van der Waals surface area contributed by atoms with Crippen LogP contribution in [0.3, 0.4) is 0 Å². The van der Waals surface area contributed by atoms with E-state index in [1.54, 1.807) is 12.1 Å². The SMILES string of the molecule is COc1ccc(N(C)S(C)(=O)=O)cc1C(=O)NC(C)c1ccc(Br)cc1. The van der Waals surface area contributed by atoms with Gasteiger partial charge < -0.3 is 10.1 Å². The largest absolute Gasteiger partial charge is 0.496 e. The third-order valence-corrected chi connectivity index (χ3v) is 5.74. The van der Waals surface area contributed by atoms with E-state index in [0.29, 0.717) is 11.4 Å². The third-order valence-electron chi connectivity index (χ3n) is 4.01. The van der Waals surface area contributed by atoms with Crippen molar-refractivity contribution in [2.24, 2.45) is 0 Å². The fourth-order valence-electron chi connectivity index (χ4n) is 2.37. The predicted octanol–water partition coefficient (Wildman–Crippen LogP) is 3.34. The van der Waals surface area contributed by atoms with E-state index >= 15 is 0 Å². The Labute approximate surface area is 162 Å². The minimum absolute atomic E-state index is 0.225. The maximum absolute atomic E-state index is 12.7. The molecule has 2 rings (SSSR count). The molecule has 0 aromatic heterocycles. The first kappa shape index (κ1) is 20.3. The number of halogens is 1. The first-order valence-corrected chi connectivity index (χ1v) is 10.5. The minimum atomic E-state index is -3.43. The van der Waals surface area contributed by atoms with Crippen LogP contribution in [-0.2, 0) is 10.0 Å². The van der Waals surface area contributed by atoms with Gasteiger partial charge in [-0.25, -0.2) is 8.42 Å². The lowest BCUT2D eigenvalue weighted by atomic mass is 10.1. The summed E-state index contributed by atoms with van der Waals surface area (Å²) in [5.74, 6) is 0.0252. The van der Waals surface area contributed by atoms with Gasteiger partial charge in [-0.3, -0.25) is 9.10 Å². The van der Waals surface area contributed by atoms with Crippen molar-refractivity contribution in [3.05, 3.63) is 58.1 Å². The Morgan fingerprint density at radius 1 is 1.19 bits per heavy atom. The Morgan fingerprint density at radius 2 is 1.81 bits per heavy atom. The highest BCUT2D eigenvalue weighted by Gasteiger charge is 2.19. The zero-order valence-corrected chi connectivity index (χ0v) is 17.4. The predicted molar refractivity (Wildman–Crippen MR) is 106 cm³/mol. The summed E-state index contributed by atoms with van der Waals surface area (Å²) in [6, 6.07) is 12.1. The van der Waals surface area contributed by atoms with Crippen LogP contribution in [0.25, 0.3) is 0 Å². The van der Waals surface area contributed by atoms with Gasteiger partial charge in [-0.15, -0.1) is 0 Å². The molecule has 1 N–H and O–H groups in total. The lowest BCUT2D eigenvalue weighted by Gasteiger charge is -2.20. The number of benzene rings is 2. The minimum Gasteiger partial charge on any atom is -0.496 e. The number of carbonyl (C=O) groups is 1. The summed E-state index contributed by atoms with van der Waals surface area (Å²) in [6.07, 6.45) is 1.10. The van der Waals surface area contributed by atoms with Gasteiger partial charge in [0.25, 0.3) is 5.91 Å². The lowest BCUT2D eigenvalue weighted by molar-refractivity contribution is 0.0937. The first-order valence-electron chi connectivity index (χ1n) is 7.81. The van der Waals surface area contributed by atoms with Crippen molar-refractivity contribution in [2.75, 3.05) is 24.7 Å². The van der Waals surface area contributed by atoms with Crippen LogP contribution < -0.4 is 14.4 Å². The molecule has 26 heavy (non-hydrogen) atoms. The van der Waals surface area contributed by atoms with E-state index in [0.717, 1.165) is 20.6 Å². The van der Waals surface area contributed by atoms with Crippen LogP contribution in [0.1, 0.15) is 28.9 Å². The molecule has 1 unspecified atom stereocenters. The van der Waals surface area contributed by atoms with Crippen LogP contribution in [0.2, 0.25) is 0 Å². The van der Waals surface area contributed by atoms with Gasteiger partial charge in [0.1, 0.15) is 5.75 Å². The van der Waals surface area contributed by atoms with Crippen molar-refractivity contribution >= 4 is 37.5 Å². The van der Waals surface area contributed by atoms with Crippen molar-refractivity contribution in [3.8, 4) is 5.75 Å². The van der Waals surface area contributed by atoms with Crippen molar-refractivity contribution < 1.29 is 17.9 Å². The first-order chi connectivity index (χ1) is 12.1. The van der Waals surface area contributed by atoms with E-state index in [-0.39, 0.29) is 17.5 Å². The molecule has 2 aromatic carbocycles. The molecule has 0 aliphatic heterocycles. The molecule has 0 bridgehead atoms. The maximum Gasteiger partial charge on any atom is 0.255 e. The molecule has 0 spiro atoms. The summed E-state index contributed by atoms with van der Waals surface area (Å²) in [5.41, 5.74) is 1.60. The molecule has 0 radical (unpaired) electrons. The number of sulfonamides is 1. The second-order valence-corrected chi connectivity index (χ2v) is 8.79. The van der Waals surface area contributed by atoms with E-state index < -0.39 is 10.0 Å². The molecule has 8 heteroatoms. The lowest BCUT2D eigenvalue weighted by Crippen LogP contribution is -2.28. The number of rotatable bonds is 6. The van der Waals surface area contributed by atoms with E-state index in [1.165, 1.54) is 20.2 Å². The molecule has 2 aromatic rings. The molecule has 140 valence electrons. The summed E-state index contributed by atoms with van der Waals surface area (Å²) >= 11 is 3.38. The number of hydrogen-bond acceptors (Lipinski definition) is 4. The topological polar surface area (TPSA) is 75.7 Å². The fraction of sp³-hybridized carbons (Fsp3) is 0.278. The average molecular weight is 441 g/mol. The Balaban J connectivity index is 2.30. The van der Waals surface area contributed by atoms with Gasteiger partial charge in [0.2, 0.25) is 10.0 Å². The van der Waals surface area contributed by atoms with Crippen molar-refractivity contribution in [3.63, 3.8) is 0 Å². The Hall–Kier alpha value is -2.06. The monoisotopic (exact) mass is 440 g/mol. The molecule has 0 saturated heterocycles. The van der Waals surface area contributed by atoms with E-state index in [1.807, 2.05) is 31.2 Å². The van der Waals surface area contributed by atoms with Gasteiger partial charge in [0, 0.05) is 11.5 Å². The summed E-state index contributed by atoms with van der Waals surface area (Å²) in [4.78, 5) is 12.7. The molecule has 6 nitrogen and oxygen atoms in total. The fourth-order valence-corrected chi connectivity index (χ4v) is 3.13. The van der Waals surface area contributed by atoms with E-state index in [2.05, 4.69) is 21.2 Å². The molecule has 1 atom stereocenters. The number of methoxy groups -OCH3 is 1. The average Bonchev–Trinajstić information content (AvgIpc) is 2.60. The number of hydrogen-bond donors (Lipinski definition) is 1. The molecule has 0 heterocycles.